The van der Waals surface area contributed by atoms with Crippen LogP contribution in [0.4, 0.5) is 11.4 Å². The zero-order valence-corrected chi connectivity index (χ0v) is 14.8. The summed E-state index contributed by atoms with van der Waals surface area (Å²) < 4.78 is 34.5. The van der Waals surface area contributed by atoms with Gasteiger partial charge in [-0.15, -0.1) is 0 Å². The summed E-state index contributed by atoms with van der Waals surface area (Å²) in [5.74, 6) is -0.404. The molecule has 0 unspecified atom stereocenters. The van der Waals surface area contributed by atoms with Gasteiger partial charge in [-0.3, -0.25) is 0 Å². The average Bonchev–Trinajstić information content (AvgIpc) is 2.54. The van der Waals surface area contributed by atoms with Crippen LogP contribution >= 0.6 is 0 Å². The number of para-hydroxylation sites is 2. The number of carbonyl (C=O) groups excluding carboxylic acids is 2. The van der Waals surface area contributed by atoms with E-state index in [0.29, 0.717) is 17.1 Å². The minimum atomic E-state index is -4.94. The van der Waals surface area contributed by atoms with E-state index in [4.69, 9.17) is 12.9 Å². The summed E-state index contributed by atoms with van der Waals surface area (Å²) in [4.78, 5) is 25.5. The molecule has 2 aromatic carbocycles. The number of esters is 1. The second-order valence-corrected chi connectivity index (χ2v) is 8.80. The Morgan fingerprint density at radius 1 is 1.16 bits per heavy atom. The summed E-state index contributed by atoms with van der Waals surface area (Å²) in [6, 6.07) is 12.3. The molecule has 0 aromatic heterocycles. The Labute approximate surface area is 146 Å². The van der Waals surface area contributed by atoms with Crippen molar-refractivity contribution in [2.75, 3.05) is 23.3 Å². The summed E-state index contributed by atoms with van der Waals surface area (Å²) in [5, 5.41) is 2.63. The molecule has 130 valence electrons. The molecule has 1 aliphatic rings. The van der Waals surface area contributed by atoms with Crippen molar-refractivity contribution < 1.29 is 26.3 Å². The average molecular weight is 406 g/mol. The van der Waals surface area contributed by atoms with Crippen molar-refractivity contribution in [3.05, 3.63) is 48.5 Å². The van der Waals surface area contributed by atoms with E-state index in [0.717, 1.165) is 0 Å². The maximum atomic E-state index is 12.2. The number of hydrogen-bond acceptors (Lipinski definition) is 5. The summed E-state index contributed by atoms with van der Waals surface area (Å²) in [5.41, 5.74) is 1.06. The molecule has 0 spiro atoms. The zero-order chi connectivity index (χ0) is 18.0. The third kappa shape index (κ3) is 4.11. The van der Waals surface area contributed by atoms with E-state index in [2.05, 4.69) is 5.32 Å². The maximum absolute atomic E-state index is 12.2. The fourth-order valence-corrected chi connectivity index (χ4v) is 3.58. The summed E-state index contributed by atoms with van der Waals surface area (Å²) >= 11 is -4.94. The molecule has 3 rings (SSSR count). The molecule has 0 radical (unpaired) electrons. The van der Waals surface area contributed by atoms with Crippen molar-refractivity contribution in [3.63, 3.8) is 0 Å². The molecule has 0 fully saturated rings. The number of benzene rings is 2. The van der Waals surface area contributed by atoms with Crippen LogP contribution in [0.5, 0.6) is 5.75 Å². The van der Waals surface area contributed by atoms with Crippen molar-refractivity contribution >= 4 is 41.8 Å². The SMILES string of the molecule is O=C(CN1CC(=O)Oc2ccccc21)Nc1ccc([As](=O)(O)O)cc1. The Balaban J connectivity index is 1.69. The van der Waals surface area contributed by atoms with Crippen LogP contribution in [0.15, 0.2) is 48.5 Å². The van der Waals surface area contributed by atoms with Crippen LogP contribution in [0, 0.1) is 0 Å². The molecule has 8 nitrogen and oxygen atoms in total. The van der Waals surface area contributed by atoms with Crippen molar-refractivity contribution in [3.8, 4) is 5.75 Å². The number of rotatable bonds is 4. The van der Waals surface area contributed by atoms with Gasteiger partial charge in [0.2, 0.25) is 0 Å². The van der Waals surface area contributed by atoms with Gasteiger partial charge in [-0.2, -0.15) is 0 Å². The van der Waals surface area contributed by atoms with E-state index in [-0.39, 0.29) is 23.3 Å². The van der Waals surface area contributed by atoms with Gasteiger partial charge in [-0.05, 0) is 0 Å². The first-order chi connectivity index (χ1) is 11.8. The molecule has 1 heterocycles. The molecule has 1 aliphatic heterocycles. The predicted molar refractivity (Wildman–Crippen MR) is 89.9 cm³/mol. The van der Waals surface area contributed by atoms with Crippen LogP contribution in [0.3, 0.4) is 0 Å². The summed E-state index contributed by atoms with van der Waals surface area (Å²) in [6.45, 7) is -0.0970. The Hall–Kier alpha value is -2.54. The normalized spacial score (nSPS) is 13.8. The Morgan fingerprint density at radius 2 is 1.84 bits per heavy atom. The van der Waals surface area contributed by atoms with Gasteiger partial charge >= 0.3 is 146 Å². The van der Waals surface area contributed by atoms with Crippen molar-refractivity contribution in [1.82, 2.24) is 0 Å². The topological polar surface area (TPSA) is 116 Å². The Morgan fingerprint density at radius 3 is 2.52 bits per heavy atom. The van der Waals surface area contributed by atoms with Crippen molar-refractivity contribution in [2.45, 2.75) is 0 Å². The number of nitrogens with one attached hydrogen (secondary N) is 1. The Bertz CT molecular complexity index is 861. The molecule has 3 N–H and O–H groups in total. The zero-order valence-electron chi connectivity index (χ0n) is 13.0. The van der Waals surface area contributed by atoms with Gasteiger partial charge in [0.05, 0.1) is 0 Å². The van der Waals surface area contributed by atoms with Crippen LogP contribution in [-0.2, 0) is 13.3 Å². The molecule has 0 aliphatic carbocycles. The molecule has 0 saturated heterocycles. The van der Waals surface area contributed by atoms with Crippen LogP contribution in [-0.4, -0.2) is 47.3 Å². The van der Waals surface area contributed by atoms with E-state index < -0.39 is 20.1 Å². The standard InChI is InChI=1S/C16H15AsN2O6/c20-15(18-12-7-5-11(6-8-12)17(22,23)24)9-19-10-16(21)25-14-4-2-1-3-13(14)19/h1-8H,9-10H2,(H,18,20)(H2,22,23,24). The quantitative estimate of drug-likeness (QED) is 0.360. The minimum absolute atomic E-state index is 0.0377. The van der Waals surface area contributed by atoms with E-state index in [9.17, 15) is 13.3 Å². The molecule has 2 aromatic rings. The van der Waals surface area contributed by atoms with E-state index >= 15 is 0 Å². The molecule has 0 saturated carbocycles. The first-order valence-electron chi connectivity index (χ1n) is 7.33. The number of hydrogen-bond donors (Lipinski definition) is 3. The van der Waals surface area contributed by atoms with Crippen LogP contribution in [0.2, 0.25) is 0 Å². The predicted octanol–water partition coefficient (Wildman–Crippen LogP) is -0.388. The molecule has 0 atom stereocenters. The molecule has 25 heavy (non-hydrogen) atoms. The van der Waals surface area contributed by atoms with Gasteiger partial charge in [0.25, 0.3) is 0 Å². The molecule has 0 bridgehead atoms. The van der Waals surface area contributed by atoms with Gasteiger partial charge in [0.15, 0.2) is 0 Å². The molecular formula is C16H15AsN2O6. The summed E-state index contributed by atoms with van der Waals surface area (Å²) in [7, 11) is 0. The van der Waals surface area contributed by atoms with Gasteiger partial charge in [-0.25, -0.2) is 0 Å². The number of fused-ring (bicyclic) bond motifs is 1. The van der Waals surface area contributed by atoms with Crippen LogP contribution in [0.25, 0.3) is 0 Å². The number of carbonyl (C=O) groups is 2. The van der Waals surface area contributed by atoms with Crippen molar-refractivity contribution in [2.24, 2.45) is 0 Å². The van der Waals surface area contributed by atoms with Gasteiger partial charge in [0.1, 0.15) is 0 Å². The van der Waals surface area contributed by atoms with Gasteiger partial charge in [-0.1, -0.05) is 0 Å². The second kappa shape index (κ2) is 6.76. The van der Waals surface area contributed by atoms with Crippen LogP contribution < -0.4 is 19.3 Å². The molecule has 9 heteroatoms. The van der Waals surface area contributed by atoms with E-state index in [1.54, 1.807) is 29.2 Å². The van der Waals surface area contributed by atoms with Crippen molar-refractivity contribution in [1.29, 1.82) is 0 Å². The van der Waals surface area contributed by atoms with Gasteiger partial charge < -0.3 is 0 Å². The van der Waals surface area contributed by atoms with E-state index in [1.165, 1.54) is 24.3 Å². The monoisotopic (exact) mass is 406 g/mol. The number of nitrogens with zero attached hydrogens (tertiary/aromatic N) is 1. The summed E-state index contributed by atoms with van der Waals surface area (Å²) in [6.07, 6.45) is 0. The van der Waals surface area contributed by atoms with Crippen LogP contribution in [0.1, 0.15) is 0 Å². The Kier molecular flexibility index (Phi) is 4.67. The fourth-order valence-electron chi connectivity index (χ4n) is 2.45. The number of amides is 1. The third-order valence-corrected chi connectivity index (χ3v) is 5.61. The second-order valence-electron chi connectivity index (χ2n) is 5.44. The third-order valence-electron chi connectivity index (χ3n) is 3.57. The number of ether oxygens (including phenoxy) is 1. The molecule has 1 amide bonds. The first kappa shape index (κ1) is 17.3. The number of anilines is 2. The van der Waals surface area contributed by atoms with E-state index in [1.807, 2.05) is 0 Å². The molecular weight excluding hydrogens is 391 g/mol. The fraction of sp³-hybridized carbons (Fsp3) is 0.125. The van der Waals surface area contributed by atoms with Gasteiger partial charge in [0, 0.05) is 0 Å². The first-order valence-corrected chi connectivity index (χ1v) is 10.7.